The molecule has 1 aromatic heterocycles. The minimum absolute atomic E-state index is 0. The minimum Gasteiger partial charge on any atom is -0.427 e. The van der Waals surface area contributed by atoms with Gasteiger partial charge in [-0.15, -0.1) is 12.4 Å². The number of carbonyl (C=O) groups excluding carboxylic acids is 1. The molecule has 2 heterocycles. The van der Waals surface area contributed by atoms with Crippen LogP contribution >= 0.6 is 12.4 Å². The summed E-state index contributed by atoms with van der Waals surface area (Å²) in [5.74, 6) is 0.273. The van der Waals surface area contributed by atoms with Gasteiger partial charge in [-0.2, -0.15) is 0 Å². The van der Waals surface area contributed by atoms with Gasteiger partial charge >= 0.3 is 5.97 Å². The fourth-order valence-electron chi connectivity index (χ4n) is 3.77. The van der Waals surface area contributed by atoms with Crippen LogP contribution in [0.15, 0.2) is 48.5 Å². The van der Waals surface area contributed by atoms with Gasteiger partial charge in [0.05, 0.1) is 11.2 Å². The van der Waals surface area contributed by atoms with Gasteiger partial charge in [-0.05, 0) is 49.1 Å². The highest BCUT2D eigenvalue weighted by Gasteiger charge is 2.24. The monoisotopic (exact) mass is 382 g/mol. The Kier molecular flexibility index (Phi) is 5.66. The summed E-state index contributed by atoms with van der Waals surface area (Å²) in [4.78, 5) is 18.5. The van der Waals surface area contributed by atoms with Crippen molar-refractivity contribution in [3.8, 4) is 5.75 Å². The molecule has 4 rings (SSSR count). The lowest BCUT2D eigenvalue weighted by molar-refractivity contribution is -0.131. The van der Waals surface area contributed by atoms with E-state index in [0.29, 0.717) is 5.75 Å². The number of fused-ring (bicyclic) bond motifs is 3. The van der Waals surface area contributed by atoms with E-state index in [-0.39, 0.29) is 18.4 Å². The molecule has 1 aliphatic rings. The molecule has 4 nitrogen and oxygen atoms in total. The zero-order valence-electron chi connectivity index (χ0n) is 15.6. The Balaban J connectivity index is 0.00000210. The van der Waals surface area contributed by atoms with Crippen LogP contribution < -0.4 is 9.64 Å². The molecular formula is C22H23ClN2O2. The van der Waals surface area contributed by atoms with E-state index in [1.807, 2.05) is 24.3 Å². The molecule has 0 radical (unpaired) electrons. The molecule has 5 heteroatoms. The van der Waals surface area contributed by atoms with Crippen molar-refractivity contribution < 1.29 is 9.53 Å². The highest BCUT2D eigenvalue weighted by molar-refractivity contribution is 5.96. The first-order chi connectivity index (χ1) is 12.6. The first-order valence-corrected chi connectivity index (χ1v) is 9.02. The summed E-state index contributed by atoms with van der Waals surface area (Å²) in [7, 11) is 0. The average Bonchev–Trinajstić information content (AvgIpc) is 3.06. The molecule has 0 fully saturated rings. The number of nitrogens with zero attached hydrogens (tertiary/aromatic N) is 2. The van der Waals surface area contributed by atoms with Gasteiger partial charge in [0, 0.05) is 31.1 Å². The fourth-order valence-corrected chi connectivity index (χ4v) is 3.77. The van der Waals surface area contributed by atoms with E-state index < -0.39 is 0 Å². The number of anilines is 1. The van der Waals surface area contributed by atoms with Gasteiger partial charge < -0.3 is 9.64 Å². The van der Waals surface area contributed by atoms with Crippen molar-refractivity contribution in [2.75, 3.05) is 18.0 Å². The number of hydrogen-bond donors (Lipinski definition) is 0. The maximum absolute atomic E-state index is 11.3. The molecule has 2 aromatic carbocycles. The number of ether oxygens (including phenoxy) is 1. The molecule has 0 saturated carbocycles. The second kappa shape index (κ2) is 7.97. The van der Waals surface area contributed by atoms with Crippen LogP contribution in [0.2, 0.25) is 0 Å². The zero-order chi connectivity index (χ0) is 18.1. The number of carbonyl (C=O) groups is 1. The van der Waals surface area contributed by atoms with E-state index in [0.717, 1.165) is 42.5 Å². The van der Waals surface area contributed by atoms with Crippen LogP contribution in [0.3, 0.4) is 0 Å². The third-order valence-corrected chi connectivity index (χ3v) is 4.96. The predicted molar refractivity (Wildman–Crippen MR) is 111 cm³/mol. The Bertz CT molecular complexity index is 973. The molecule has 0 bridgehead atoms. The van der Waals surface area contributed by atoms with Crippen molar-refractivity contribution in [3.05, 3.63) is 65.4 Å². The molecule has 0 N–H and O–H groups in total. The van der Waals surface area contributed by atoms with E-state index in [1.165, 1.54) is 23.7 Å². The fraction of sp³-hybridized carbons (Fsp3) is 0.273. The number of esters is 1. The summed E-state index contributed by atoms with van der Waals surface area (Å²) < 4.78 is 5.29. The summed E-state index contributed by atoms with van der Waals surface area (Å²) in [5, 5.41) is 1.06. The maximum Gasteiger partial charge on any atom is 0.308 e. The van der Waals surface area contributed by atoms with Gasteiger partial charge in [0.1, 0.15) is 5.75 Å². The Morgan fingerprint density at radius 2 is 1.96 bits per heavy atom. The standard InChI is InChI=1S/C22H22N2O2.ClH/c1-15-19-11-13-24(12-10-17-6-4-3-5-7-17)22(19)20-14-18(26-16(2)25)8-9-21(20)23-15;/h3-9,14H,10-13H2,1-2H3;1H. The van der Waals surface area contributed by atoms with Crippen LogP contribution in [0.1, 0.15) is 23.7 Å². The highest BCUT2D eigenvalue weighted by atomic mass is 35.5. The van der Waals surface area contributed by atoms with Crippen molar-refractivity contribution in [2.45, 2.75) is 26.7 Å². The van der Waals surface area contributed by atoms with Crippen LogP contribution in [0, 0.1) is 6.92 Å². The summed E-state index contributed by atoms with van der Waals surface area (Å²) in [6.07, 6.45) is 2.02. The Morgan fingerprint density at radius 3 is 2.70 bits per heavy atom. The predicted octanol–water partition coefficient (Wildman–Crippen LogP) is 4.50. The molecule has 0 aliphatic carbocycles. The van der Waals surface area contributed by atoms with Gasteiger partial charge in [0.2, 0.25) is 0 Å². The number of aryl methyl sites for hydroxylation is 1. The Labute approximate surface area is 165 Å². The Morgan fingerprint density at radius 1 is 1.19 bits per heavy atom. The first-order valence-electron chi connectivity index (χ1n) is 9.02. The van der Waals surface area contributed by atoms with E-state index >= 15 is 0 Å². The van der Waals surface area contributed by atoms with Gasteiger partial charge in [0.15, 0.2) is 0 Å². The van der Waals surface area contributed by atoms with Crippen molar-refractivity contribution in [3.63, 3.8) is 0 Å². The largest absolute Gasteiger partial charge is 0.427 e. The number of aromatic nitrogens is 1. The lowest BCUT2D eigenvalue weighted by atomic mass is 10.1. The van der Waals surface area contributed by atoms with Crippen LogP contribution in [0.4, 0.5) is 5.69 Å². The summed E-state index contributed by atoms with van der Waals surface area (Å²) in [6.45, 7) is 5.47. The second-order valence-electron chi connectivity index (χ2n) is 6.77. The average molecular weight is 383 g/mol. The summed E-state index contributed by atoms with van der Waals surface area (Å²) in [6, 6.07) is 16.3. The van der Waals surface area contributed by atoms with E-state index in [9.17, 15) is 4.79 Å². The van der Waals surface area contributed by atoms with E-state index in [1.54, 1.807) is 0 Å². The smallest absolute Gasteiger partial charge is 0.308 e. The zero-order valence-corrected chi connectivity index (χ0v) is 16.4. The van der Waals surface area contributed by atoms with Gasteiger partial charge in [-0.1, -0.05) is 30.3 Å². The molecule has 140 valence electrons. The maximum atomic E-state index is 11.3. The molecule has 0 unspecified atom stereocenters. The SMILES string of the molecule is CC(=O)Oc1ccc2nc(C)c3c(c2c1)N(CCc1ccccc1)CC3.Cl. The van der Waals surface area contributed by atoms with Gasteiger partial charge in [0.25, 0.3) is 0 Å². The van der Waals surface area contributed by atoms with Gasteiger partial charge in [-0.3, -0.25) is 9.78 Å². The van der Waals surface area contributed by atoms with Gasteiger partial charge in [-0.25, -0.2) is 0 Å². The molecular weight excluding hydrogens is 360 g/mol. The Hall–Kier alpha value is -2.59. The number of rotatable bonds is 4. The van der Waals surface area contributed by atoms with Crippen LogP contribution in [0.5, 0.6) is 5.75 Å². The van der Waals surface area contributed by atoms with E-state index in [4.69, 9.17) is 9.72 Å². The van der Waals surface area contributed by atoms with Crippen molar-refractivity contribution in [1.29, 1.82) is 0 Å². The topological polar surface area (TPSA) is 42.4 Å². The molecule has 27 heavy (non-hydrogen) atoms. The van der Waals surface area contributed by atoms with Crippen molar-refractivity contribution in [1.82, 2.24) is 4.98 Å². The van der Waals surface area contributed by atoms with Crippen LogP contribution in [0.25, 0.3) is 10.9 Å². The third-order valence-electron chi connectivity index (χ3n) is 4.96. The number of halogens is 1. The third kappa shape index (κ3) is 3.91. The number of hydrogen-bond acceptors (Lipinski definition) is 4. The molecule has 0 amide bonds. The van der Waals surface area contributed by atoms with Crippen molar-refractivity contribution in [2.24, 2.45) is 0 Å². The normalized spacial score (nSPS) is 12.6. The summed E-state index contributed by atoms with van der Waals surface area (Å²) >= 11 is 0. The molecule has 3 aromatic rings. The minimum atomic E-state index is -0.304. The lowest BCUT2D eigenvalue weighted by Crippen LogP contribution is -2.23. The molecule has 0 atom stereocenters. The van der Waals surface area contributed by atoms with E-state index in [2.05, 4.69) is 36.1 Å². The second-order valence-corrected chi connectivity index (χ2v) is 6.77. The molecule has 0 saturated heterocycles. The number of pyridine rings is 1. The van der Waals surface area contributed by atoms with Crippen LogP contribution in [-0.2, 0) is 17.6 Å². The highest BCUT2D eigenvalue weighted by Crippen LogP contribution is 2.38. The quantitative estimate of drug-likeness (QED) is 0.492. The first kappa shape index (κ1) is 19.2. The van der Waals surface area contributed by atoms with Crippen molar-refractivity contribution >= 4 is 35.0 Å². The lowest BCUT2D eigenvalue weighted by Gasteiger charge is -2.21. The summed E-state index contributed by atoms with van der Waals surface area (Å²) in [5.41, 5.74) is 5.94. The van der Waals surface area contributed by atoms with Crippen LogP contribution in [-0.4, -0.2) is 24.0 Å². The molecule has 0 spiro atoms. The molecule has 1 aliphatic heterocycles. The number of benzene rings is 2.